The Morgan fingerprint density at radius 1 is 1.25 bits per heavy atom. The van der Waals surface area contributed by atoms with Gasteiger partial charge in [-0.3, -0.25) is 9.69 Å². The molecule has 0 spiro atoms. The third kappa shape index (κ3) is 2.48. The second kappa shape index (κ2) is 5.30. The average Bonchev–Trinajstić information content (AvgIpc) is 2.99. The first-order valence-corrected chi connectivity index (χ1v) is 8.32. The number of likely N-dealkylation sites (tertiary alicyclic amines) is 1. The summed E-state index contributed by atoms with van der Waals surface area (Å²) in [6.45, 7) is 6.70. The van der Waals surface area contributed by atoms with E-state index in [1.165, 1.54) is 32.4 Å². The standard InChI is InChI=1S/C16H29N3O/c1-11(2)18-16(15(17)20)7-6-14(8-16)19-9-12-4-3-5-13(12)10-19/h11-14,18H,3-10H2,1-2H3,(H2,17,20). The van der Waals surface area contributed by atoms with Crippen molar-refractivity contribution in [2.45, 2.75) is 70.0 Å². The fourth-order valence-electron chi connectivity index (χ4n) is 4.88. The fourth-order valence-corrected chi connectivity index (χ4v) is 4.88. The second-order valence-electron chi connectivity index (χ2n) is 7.55. The molecule has 3 aliphatic rings. The van der Waals surface area contributed by atoms with Crippen molar-refractivity contribution in [2.75, 3.05) is 13.1 Å². The van der Waals surface area contributed by atoms with Gasteiger partial charge in [0.2, 0.25) is 5.91 Å². The van der Waals surface area contributed by atoms with Gasteiger partial charge in [0.1, 0.15) is 0 Å². The van der Waals surface area contributed by atoms with Crippen molar-refractivity contribution < 1.29 is 4.79 Å². The van der Waals surface area contributed by atoms with E-state index in [-0.39, 0.29) is 5.91 Å². The zero-order valence-electron chi connectivity index (χ0n) is 12.9. The lowest BCUT2D eigenvalue weighted by Crippen LogP contribution is -2.56. The van der Waals surface area contributed by atoms with Gasteiger partial charge in [0.25, 0.3) is 0 Å². The summed E-state index contributed by atoms with van der Waals surface area (Å²) in [7, 11) is 0. The predicted octanol–water partition coefficient (Wildman–Crippen LogP) is 1.49. The van der Waals surface area contributed by atoms with Crippen LogP contribution < -0.4 is 11.1 Å². The molecule has 0 radical (unpaired) electrons. The van der Waals surface area contributed by atoms with Gasteiger partial charge < -0.3 is 11.1 Å². The van der Waals surface area contributed by atoms with E-state index in [1.54, 1.807) is 0 Å². The summed E-state index contributed by atoms with van der Waals surface area (Å²) in [4.78, 5) is 14.6. The third-order valence-corrected chi connectivity index (χ3v) is 5.80. The Labute approximate surface area is 122 Å². The summed E-state index contributed by atoms with van der Waals surface area (Å²) >= 11 is 0. The molecular formula is C16H29N3O. The Kier molecular flexibility index (Phi) is 3.80. The van der Waals surface area contributed by atoms with E-state index in [0.717, 1.165) is 31.1 Å². The van der Waals surface area contributed by atoms with Crippen LogP contribution >= 0.6 is 0 Å². The highest BCUT2D eigenvalue weighted by atomic mass is 16.1. The number of rotatable bonds is 4. The van der Waals surface area contributed by atoms with Crippen LogP contribution in [-0.4, -0.2) is 41.5 Å². The van der Waals surface area contributed by atoms with Crippen molar-refractivity contribution in [1.82, 2.24) is 10.2 Å². The molecule has 3 N–H and O–H groups in total. The van der Waals surface area contributed by atoms with Crippen LogP contribution in [0.1, 0.15) is 52.4 Å². The Hall–Kier alpha value is -0.610. The largest absolute Gasteiger partial charge is 0.368 e. The van der Waals surface area contributed by atoms with Crippen molar-refractivity contribution in [3.63, 3.8) is 0 Å². The lowest BCUT2D eigenvalue weighted by atomic mass is 9.95. The number of carbonyl (C=O) groups is 1. The molecule has 4 heteroatoms. The molecule has 0 aromatic heterocycles. The number of nitrogens with two attached hydrogens (primary N) is 1. The Balaban J connectivity index is 1.65. The minimum absolute atomic E-state index is 0.159. The van der Waals surface area contributed by atoms with Gasteiger partial charge in [0.15, 0.2) is 0 Å². The van der Waals surface area contributed by atoms with Crippen LogP contribution in [0.2, 0.25) is 0 Å². The van der Waals surface area contributed by atoms with Crippen LogP contribution in [-0.2, 0) is 4.79 Å². The zero-order valence-corrected chi connectivity index (χ0v) is 12.9. The number of carbonyl (C=O) groups excluding carboxylic acids is 1. The molecule has 2 saturated carbocycles. The maximum absolute atomic E-state index is 12.0. The van der Waals surface area contributed by atoms with Crippen molar-refractivity contribution in [1.29, 1.82) is 0 Å². The Bertz CT molecular complexity index is 372. The normalized spacial score (nSPS) is 41.5. The lowest BCUT2D eigenvalue weighted by molar-refractivity contribution is -0.124. The summed E-state index contributed by atoms with van der Waals surface area (Å²) in [6, 6.07) is 0.860. The summed E-state index contributed by atoms with van der Waals surface area (Å²) in [5, 5.41) is 3.46. The molecule has 3 fully saturated rings. The number of hydrogen-bond acceptors (Lipinski definition) is 3. The summed E-state index contributed by atoms with van der Waals surface area (Å²) < 4.78 is 0. The molecule has 114 valence electrons. The zero-order chi connectivity index (χ0) is 14.3. The minimum Gasteiger partial charge on any atom is -0.368 e. The van der Waals surface area contributed by atoms with Crippen LogP contribution in [0.4, 0.5) is 0 Å². The molecule has 1 aliphatic heterocycles. The molecule has 0 bridgehead atoms. The highest BCUT2D eigenvalue weighted by Gasteiger charge is 2.48. The number of fused-ring (bicyclic) bond motifs is 1. The molecule has 4 nitrogen and oxygen atoms in total. The molecule has 20 heavy (non-hydrogen) atoms. The van der Waals surface area contributed by atoms with E-state index >= 15 is 0 Å². The third-order valence-electron chi connectivity index (χ3n) is 5.80. The van der Waals surface area contributed by atoms with Crippen molar-refractivity contribution in [2.24, 2.45) is 17.6 Å². The monoisotopic (exact) mass is 279 g/mol. The molecular weight excluding hydrogens is 250 g/mol. The molecule has 0 aromatic carbocycles. The fraction of sp³-hybridized carbons (Fsp3) is 0.938. The van der Waals surface area contributed by atoms with E-state index in [0.29, 0.717) is 12.1 Å². The first kappa shape index (κ1) is 14.3. The van der Waals surface area contributed by atoms with Gasteiger partial charge >= 0.3 is 0 Å². The Morgan fingerprint density at radius 2 is 1.90 bits per heavy atom. The van der Waals surface area contributed by atoms with Crippen LogP contribution in [0, 0.1) is 11.8 Å². The van der Waals surface area contributed by atoms with Gasteiger partial charge in [0, 0.05) is 25.2 Å². The summed E-state index contributed by atoms with van der Waals surface area (Å²) in [6.07, 6.45) is 7.17. The highest BCUT2D eigenvalue weighted by Crippen LogP contribution is 2.42. The van der Waals surface area contributed by atoms with E-state index in [9.17, 15) is 4.79 Å². The predicted molar refractivity (Wildman–Crippen MR) is 80.2 cm³/mol. The topological polar surface area (TPSA) is 58.4 Å². The number of primary amides is 1. The molecule has 4 atom stereocenters. The number of hydrogen-bond donors (Lipinski definition) is 2. The van der Waals surface area contributed by atoms with E-state index in [2.05, 4.69) is 24.1 Å². The lowest BCUT2D eigenvalue weighted by Gasteiger charge is -2.31. The van der Waals surface area contributed by atoms with E-state index in [1.807, 2.05) is 0 Å². The van der Waals surface area contributed by atoms with Gasteiger partial charge in [0.05, 0.1) is 5.54 Å². The van der Waals surface area contributed by atoms with Crippen LogP contribution in [0.3, 0.4) is 0 Å². The van der Waals surface area contributed by atoms with Crippen molar-refractivity contribution in [3.05, 3.63) is 0 Å². The quantitative estimate of drug-likeness (QED) is 0.820. The van der Waals surface area contributed by atoms with Crippen LogP contribution in [0.25, 0.3) is 0 Å². The molecule has 1 amide bonds. The first-order valence-electron chi connectivity index (χ1n) is 8.32. The number of nitrogens with zero attached hydrogens (tertiary/aromatic N) is 1. The van der Waals surface area contributed by atoms with Gasteiger partial charge in [-0.15, -0.1) is 0 Å². The van der Waals surface area contributed by atoms with Crippen LogP contribution in [0.5, 0.6) is 0 Å². The number of nitrogens with one attached hydrogen (secondary N) is 1. The van der Waals surface area contributed by atoms with Crippen LogP contribution in [0.15, 0.2) is 0 Å². The first-order chi connectivity index (χ1) is 9.50. The molecule has 1 saturated heterocycles. The minimum atomic E-state index is -0.462. The molecule has 0 aromatic rings. The number of amides is 1. The maximum Gasteiger partial charge on any atom is 0.237 e. The highest BCUT2D eigenvalue weighted by molar-refractivity contribution is 5.85. The van der Waals surface area contributed by atoms with Gasteiger partial charge in [-0.25, -0.2) is 0 Å². The second-order valence-corrected chi connectivity index (χ2v) is 7.55. The molecule has 2 aliphatic carbocycles. The Morgan fingerprint density at radius 3 is 2.45 bits per heavy atom. The molecule has 4 unspecified atom stereocenters. The van der Waals surface area contributed by atoms with Crippen molar-refractivity contribution in [3.8, 4) is 0 Å². The molecule has 1 heterocycles. The average molecular weight is 279 g/mol. The van der Waals surface area contributed by atoms with Gasteiger partial charge in [-0.1, -0.05) is 6.42 Å². The van der Waals surface area contributed by atoms with Gasteiger partial charge in [-0.05, 0) is 57.8 Å². The summed E-state index contributed by atoms with van der Waals surface area (Å²) in [5.74, 6) is 1.70. The molecule has 3 rings (SSSR count). The maximum atomic E-state index is 12.0. The van der Waals surface area contributed by atoms with E-state index < -0.39 is 5.54 Å². The van der Waals surface area contributed by atoms with E-state index in [4.69, 9.17) is 5.73 Å². The van der Waals surface area contributed by atoms with Crippen molar-refractivity contribution >= 4 is 5.91 Å². The van der Waals surface area contributed by atoms with Gasteiger partial charge in [-0.2, -0.15) is 0 Å². The SMILES string of the molecule is CC(C)NC1(C(N)=O)CCC(N2CC3CCCC3C2)C1. The smallest absolute Gasteiger partial charge is 0.237 e. The summed E-state index contributed by atoms with van der Waals surface area (Å²) in [5.41, 5.74) is 5.25.